The number of hydrogen-bond acceptors (Lipinski definition) is 10. The van der Waals surface area contributed by atoms with Crippen LogP contribution in [0, 0.1) is 6.92 Å². The van der Waals surface area contributed by atoms with Crippen molar-refractivity contribution in [1.82, 2.24) is 40.9 Å². The number of halogens is 2. The number of fused-ring (bicyclic) bond motifs is 2. The van der Waals surface area contributed by atoms with E-state index < -0.39 is 0 Å². The van der Waals surface area contributed by atoms with Gasteiger partial charge in [-0.2, -0.15) is 4.98 Å². The van der Waals surface area contributed by atoms with Gasteiger partial charge in [-0.15, -0.1) is 33.9 Å². The molecule has 2 amide bonds. The average Bonchev–Trinajstić information content (AvgIpc) is 3.55. The Morgan fingerprint density at radius 3 is 2.73 bits per heavy atom. The Hall–Kier alpha value is -3.19. The van der Waals surface area contributed by atoms with Crippen LogP contribution in [0.3, 0.4) is 0 Å². The van der Waals surface area contributed by atoms with Crippen LogP contribution in [0.1, 0.15) is 67.8 Å². The molecule has 40 heavy (non-hydrogen) atoms. The summed E-state index contributed by atoms with van der Waals surface area (Å²) in [5.74, 6) is 0.473. The number of amides is 2. The largest absolute Gasteiger partial charge is 0.346 e. The number of nitrogens with one attached hydrogen (secondary N) is 2. The van der Waals surface area contributed by atoms with Gasteiger partial charge in [0.25, 0.3) is 11.8 Å². The molecule has 3 atom stereocenters. The lowest BCUT2D eigenvalue weighted by atomic mass is 9.82. The molecular weight excluding hydrogens is 575 g/mol. The van der Waals surface area contributed by atoms with Crippen molar-refractivity contribution in [3.05, 3.63) is 62.3 Å². The molecule has 6 rings (SSSR count). The molecule has 1 aliphatic heterocycles. The summed E-state index contributed by atoms with van der Waals surface area (Å²) in [6.07, 6.45) is 2.70. The summed E-state index contributed by atoms with van der Waals surface area (Å²) >= 11 is 7.47. The Morgan fingerprint density at radius 1 is 1.10 bits per heavy atom. The zero-order valence-corrected chi connectivity index (χ0v) is 24.3. The molecule has 1 fully saturated rings. The van der Waals surface area contributed by atoms with Gasteiger partial charge >= 0.3 is 0 Å². The minimum atomic E-state index is -0.372. The van der Waals surface area contributed by atoms with Gasteiger partial charge < -0.3 is 20.1 Å². The highest BCUT2D eigenvalue weighted by Crippen LogP contribution is 2.33. The van der Waals surface area contributed by atoms with E-state index in [1.165, 1.54) is 11.3 Å². The van der Waals surface area contributed by atoms with E-state index in [9.17, 15) is 9.59 Å². The molecule has 3 aromatic heterocycles. The van der Waals surface area contributed by atoms with E-state index in [2.05, 4.69) is 47.9 Å². The molecule has 4 heterocycles. The summed E-state index contributed by atoms with van der Waals surface area (Å²) in [7, 11) is 2.06. The van der Waals surface area contributed by atoms with E-state index in [1.54, 1.807) is 31.2 Å². The maximum Gasteiger partial charge on any atom is 0.280 e. The van der Waals surface area contributed by atoms with Crippen molar-refractivity contribution in [3.8, 4) is 0 Å². The van der Waals surface area contributed by atoms with Crippen molar-refractivity contribution in [2.24, 2.45) is 0 Å². The van der Waals surface area contributed by atoms with Crippen molar-refractivity contribution in [3.63, 3.8) is 0 Å². The van der Waals surface area contributed by atoms with Crippen LogP contribution in [0.2, 0.25) is 5.02 Å². The zero-order valence-electron chi connectivity index (χ0n) is 21.9. The molecule has 1 aliphatic carbocycles. The van der Waals surface area contributed by atoms with Crippen LogP contribution in [0.15, 0.2) is 28.8 Å². The third kappa shape index (κ3) is 5.95. The van der Waals surface area contributed by atoms with E-state index in [0.717, 1.165) is 41.9 Å². The molecule has 2 aliphatic rings. The number of rotatable bonds is 5. The first-order chi connectivity index (χ1) is 18.8. The van der Waals surface area contributed by atoms with E-state index >= 15 is 0 Å². The summed E-state index contributed by atoms with van der Waals surface area (Å²) < 4.78 is 5.44. The number of hydrogen-bond donors (Lipinski definition) is 2. The molecule has 210 valence electrons. The fraction of sp³-hybridized carbons (Fsp3) is 0.423. The number of aryl methyl sites for hydroxylation is 1. The monoisotopic (exact) mass is 602 g/mol. The molecule has 2 N–H and O–H groups in total. The lowest BCUT2D eigenvalue weighted by molar-refractivity contribution is 0.0849. The van der Waals surface area contributed by atoms with Crippen LogP contribution < -0.4 is 10.6 Å². The summed E-state index contributed by atoms with van der Waals surface area (Å²) in [6.45, 7) is 3.49. The Balaban J connectivity index is 0.00000323. The van der Waals surface area contributed by atoms with Gasteiger partial charge in [-0.1, -0.05) is 22.8 Å². The smallest absolute Gasteiger partial charge is 0.280 e. The van der Waals surface area contributed by atoms with Gasteiger partial charge in [-0.05, 0) is 51.4 Å². The Kier molecular flexibility index (Phi) is 8.31. The molecule has 14 heteroatoms. The van der Waals surface area contributed by atoms with Gasteiger partial charge in [-0.3, -0.25) is 9.59 Å². The van der Waals surface area contributed by atoms with Crippen LogP contribution in [0.5, 0.6) is 0 Å². The van der Waals surface area contributed by atoms with Gasteiger partial charge in [0, 0.05) is 46.8 Å². The third-order valence-corrected chi connectivity index (χ3v) is 8.59. The highest BCUT2D eigenvalue weighted by Gasteiger charge is 2.36. The molecule has 1 aromatic carbocycles. The standard InChI is InChI=1S/C26H27ClN8O3S.ClH/c1-13-28-25(38-34-13)15-4-6-17(29-23(36)21-9-14-3-5-16(27)11-19(14)32-33-21)20(10-15)30-24(37)26-31-18-7-8-35(2)12-22(18)39-26;/h3,5,9,11,15,17,20H,4,6-8,10,12H2,1-2H3,(H,29,36)(H,30,37);1H/t15-,17-,20-;/m0./s1. The number of nitrogens with zero attached hydrogens (tertiary/aromatic N) is 6. The number of carbonyl (C=O) groups is 2. The number of aromatic nitrogens is 5. The second-order valence-corrected chi connectivity index (χ2v) is 11.7. The number of benzene rings is 1. The molecule has 0 saturated heterocycles. The van der Waals surface area contributed by atoms with Crippen molar-refractivity contribution in [2.45, 2.75) is 57.2 Å². The Bertz CT molecular complexity index is 1560. The van der Waals surface area contributed by atoms with Crippen LogP contribution in [0.25, 0.3) is 10.9 Å². The SMILES string of the molecule is Cc1noc([C@H]2CC[C@H](NC(=O)c3cc4ccc(Cl)cc4nn3)[C@@H](NC(=O)c3nc4c(s3)CN(C)CC4)C2)n1.Cl. The molecule has 0 radical (unpaired) electrons. The predicted molar refractivity (Wildman–Crippen MR) is 152 cm³/mol. The first-order valence-corrected chi connectivity index (χ1v) is 14.0. The van der Waals surface area contributed by atoms with Crippen molar-refractivity contribution in [2.75, 3.05) is 13.6 Å². The Morgan fingerprint density at radius 2 is 1.93 bits per heavy atom. The average molecular weight is 604 g/mol. The normalized spacial score (nSPS) is 20.9. The Labute approximate surface area is 245 Å². The minimum Gasteiger partial charge on any atom is -0.346 e. The first-order valence-electron chi connectivity index (χ1n) is 12.8. The van der Waals surface area contributed by atoms with E-state index in [1.807, 2.05) is 0 Å². The number of thiazole rings is 1. The van der Waals surface area contributed by atoms with E-state index in [-0.39, 0.29) is 47.9 Å². The third-order valence-electron chi connectivity index (χ3n) is 7.27. The summed E-state index contributed by atoms with van der Waals surface area (Å²) in [5, 5.41) is 20.2. The second-order valence-electron chi connectivity index (χ2n) is 10.2. The lowest BCUT2D eigenvalue weighted by Gasteiger charge is -2.35. The summed E-state index contributed by atoms with van der Waals surface area (Å²) in [4.78, 5) is 39.0. The van der Waals surface area contributed by atoms with Crippen LogP contribution >= 0.6 is 35.3 Å². The van der Waals surface area contributed by atoms with Crippen molar-refractivity contribution in [1.29, 1.82) is 0 Å². The molecule has 1 saturated carbocycles. The minimum absolute atomic E-state index is 0. The van der Waals surface area contributed by atoms with Gasteiger partial charge in [0.15, 0.2) is 16.5 Å². The number of carbonyl (C=O) groups excluding carboxylic acids is 2. The highest BCUT2D eigenvalue weighted by molar-refractivity contribution is 7.13. The first kappa shape index (κ1) is 28.3. The van der Waals surface area contributed by atoms with Gasteiger partial charge in [0.05, 0.1) is 17.3 Å². The molecule has 11 nitrogen and oxygen atoms in total. The fourth-order valence-corrected chi connectivity index (χ4v) is 6.48. The predicted octanol–water partition coefficient (Wildman–Crippen LogP) is 3.71. The number of likely N-dealkylation sites (N-methyl/N-ethyl adjacent to an activating group) is 1. The fourth-order valence-electron chi connectivity index (χ4n) is 5.22. The summed E-state index contributed by atoms with van der Waals surface area (Å²) in [5.41, 5.74) is 1.80. The van der Waals surface area contributed by atoms with E-state index in [4.69, 9.17) is 16.1 Å². The van der Waals surface area contributed by atoms with Gasteiger partial charge in [0.2, 0.25) is 5.89 Å². The summed E-state index contributed by atoms with van der Waals surface area (Å²) in [6, 6.07) is 6.23. The molecule has 0 unspecified atom stereocenters. The van der Waals surface area contributed by atoms with Crippen LogP contribution in [-0.4, -0.2) is 67.7 Å². The maximum absolute atomic E-state index is 13.4. The lowest BCUT2D eigenvalue weighted by Crippen LogP contribution is -2.54. The molecule has 0 bridgehead atoms. The maximum atomic E-state index is 13.4. The van der Waals surface area contributed by atoms with Gasteiger partial charge in [0.1, 0.15) is 0 Å². The quantitative estimate of drug-likeness (QED) is 0.350. The van der Waals surface area contributed by atoms with Gasteiger partial charge in [-0.25, -0.2) is 4.98 Å². The molecular formula is C26H28Cl2N8O3S. The van der Waals surface area contributed by atoms with Crippen LogP contribution in [0.4, 0.5) is 0 Å². The van der Waals surface area contributed by atoms with Crippen molar-refractivity contribution < 1.29 is 14.1 Å². The topological polar surface area (TPSA) is 139 Å². The zero-order chi connectivity index (χ0) is 27.1. The van der Waals surface area contributed by atoms with Crippen LogP contribution in [-0.2, 0) is 13.0 Å². The molecule has 4 aromatic rings. The highest BCUT2D eigenvalue weighted by atomic mass is 35.5. The molecule has 0 spiro atoms. The second kappa shape index (κ2) is 11.7. The van der Waals surface area contributed by atoms with E-state index in [0.29, 0.717) is 40.1 Å². The van der Waals surface area contributed by atoms with Crippen molar-refractivity contribution >= 4 is 58.1 Å².